The Morgan fingerprint density at radius 1 is 1.10 bits per heavy atom. The van der Waals surface area contributed by atoms with Gasteiger partial charge in [-0.3, -0.25) is 0 Å². The first-order chi connectivity index (χ1) is 10.3. The maximum atomic E-state index is 5.80. The predicted molar refractivity (Wildman–Crippen MR) is 84.2 cm³/mol. The molecule has 0 atom stereocenters. The van der Waals surface area contributed by atoms with E-state index in [1.54, 1.807) is 7.11 Å². The summed E-state index contributed by atoms with van der Waals surface area (Å²) in [5, 5.41) is 1.28. The van der Waals surface area contributed by atoms with Crippen molar-refractivity contribution in [1.29, 1.82) is 0 Å². The Bertz CT molecular complexity index is 815. The molecule has 3 nitrogen and oxygen atoms in total. The minimum Gasteiger partial charge on any atom is -0.497 e. The quantitative estimate of drug-likeness (QED) is 0.707. The number of rotatable bonds is 2. The molecule has 2 heterocycles. The number of aryl methyl sites for hydroxylation is 1. The monoisotopic (exact) mass is 279 g/mol. The fraction of sp³-hybridized carbons (Fsp3) is 0.222. The molecule has 0 amide bonds. The van der Waals surface area contributed by atoms with Gasteiger partial charge in [-0.05, 0) is 48.4 Å². The number of hydrogen-bond donors (Lipinski definition) is 0. The van der Waals surface area contributed by atoms with Crippen LogP contribution in [0.1, 0.15) is 5.56 Å². The molecule has 1 aliphatic heterocycles. The summed E-state index contributed by atoms with van der Waals surface area (Å²) >= 11 is 0. The lowest BCUT2D eigenvalue weighted by molar-refractivity contribution is 0.288. The molecule has 0 fully saturated rings. The van der Waals surface area contributed by atoms with E-state index in [4.69, 9.17) is 9.47 Å². The third-order valence-corrected chi connectivity index (χ3v) is 4.23. The lowest BCUT2D eigenvalue weighted by Gasteiger charge is -2.19. The SMILES string of the molecule is COc1ccc(-c2c(C)c3cccc4c3n2CCO4)cc1. The van der Waals surface area contributed by atoms with Gasteiger partial charge in [-0.25, -0.2) is 0 Å². The molecule has 3 heteroatoms. The molecule has 0 radical (unpaired) electrons. The summed E-state index contributed by atoms with van der Waals surface area (Å²) in [6.07, 6.45) is 0. The first kappa shape index (κ1) is 12.3. The molecule has 4 rings (SSSR count). The lowest BCUT2D eigenvalue weighted by atomic mass is 10.1. The van der Waals surface area contributed by atoms with Crippen molar-refractivity contribution in [3.05, 3.63) is 48.0 Å². The summed E-state index contributed by atoms with van der Waals surface area (Å²) in [5.41, 5.74) is 5.02. The van der Waals surface area contributed by atoms with Crippen LogP contribution in [0.25, 0.3) is 22.2 Å². The molecule has 0 N–H and O–H groups in total. The van der Waals surface area contributed by atoms with Crippen LogP contribution in [0.15, 0.2) is 42.5 Å². The zero-order valence-corrected chi connectivity index (χ0v) is 12.2. The molecular weight excluding hydrogens is 262 g/mol. The van der Waals surface area contributed by atoms with Crippen molar-refractivity contribution in [1.82, 2.24) is 4.57 Å². The van der Waals surface area contributed by atoms with Gasteiger partial charge in [0.25, 0.3) is 0 Å². The van der Waals surface area contributed by atoms with Crippen LogP contribution in [0, 0.1) is 6.92 Å². The van der Waals surface area contributed by atoms with Crippen molar-refractivity contribution < 1.29 is 9.47 Å². The number of hydrogen-bond acceptors (Lipinski definition) is 2. The summed E-state index contributed by atoms with van der Waals surface area (Å²) in [6.45, 7) is 3.81. The Balaban J connectivity index is 2.00. The van der Waals surface area contributed by atoms with Gasteiger partial charge in [-0.15, -0.1) is 0 Å². The zero-order valence-electron chi connectivity index (χ0n) is 12.2. The number of para-hydroxylation sites is 1. The van der Waals surface area contributed by atoms with Gasteiger partial charge in [0.15, 0.2) is 0 Å². The van der Waals surface area contributed by atoms with E-state index in [2.05, 4.69) is 41.8 Å². The van der Waals surface area contributed by atoms with Crippen molar-refractivity contribution in [2.24, 2.45) is 0 Å². The van der Waals surface area contributed by atoms with Crippen LogP contribution in [0.2, 0.25) is 0 Å². The third-order valence-electron chi connectivity index (χ3n) is 4.23. The Morgan fingerprint density at radius 3 is 2.67 bits per heavy atom. The number of ether oxygens (including phenoxy) is 2. The van der Waals surface area contributed by atoms with Crippen LogP contribution in [0.4, 0.5) is 0 Å². The smallest absolute Gasteiger partial charge is 0.143 e. The number of aromatic nitrogens is 1. The van der Waals surface area contributed by atoms with Gasteiger partial charge in [0, 0.05) is 5.39 Å². The number of methoxy groups -OCH3 is 1. The maximum Gasteiger partial charge on any atom is 0.143 e. The second kappa shape index (κ2) is 4.55. The molecule has 0 saturated carbocycles. The largest absolute Gasteiger partial charge is 0.497 e. The van der Waals surface area contributed by atoms with Gasteiger partial charge in [-0.2, -0.15) is 0 Å². The summed E-state index contributed by atoms with van der Waals surface area (Å²) in [5.74, 6) is 1.87. The summed E-state index contributed by atoms with van der Waals surface area (Å²) < 4.78 is 13.4. The molecule has 1 aliphatic rings. The summed E-state index contributed by atoms with van der Waals surface area (Å²) in [6, 6.07) is 14.6. The highest BCUT2D eigenvalue weighted by Gasteiger charge is 2.21. The maximum absolute atomic E-state index is 5.80. The number of nitrogens with zero attached hydrogens (tertiary/aromatic N) is 1. The molecule has 1 aromatic heterocycles. The molecule has 0 bridgehead atoms. The molecule has 106 valence electrons. The molecule has 0 aliphatic carbocycles. The van der Waals surface area contributed by atoms with Crippen molar-refractivity contribution in [2.45, 2.75) is 13.5 Å². The van der Waals surface area contributed by atoms with Gasteiger partial charge in [-0.1, -0.05) is 12.1 Å². The van der Waals surface area contributed by atoms with Crippen molar-refractivity contribution >= 4 is 10.9 Å². The zero-order chi connectivity index (χ0) is 14.4. The standard InChI is InChI=1S/C18H17NO2/c1-12-15-4-3-5-16-18(15)19(10-11-21-16)17(12)13-6-8-14(20-2)9-7-13/h3-9H,10-11H2,1-2H3. The van der Waals surface area contributed by atoms with E-state index in [1.165, 1.54) is 27.7 Å². The lowest BCUT2D eigenvalue weighted by Crippen LogP contribution is -2.14. The molecule has 0 spiro atoms. The Kier molecular flexibility index (Phi) is 2.67. The van der Waals surface area contributed by atoms with Gasteiger partial charge >= 0.3 is 0 Å². The molecule has 3 aromatic rings. The summed E-state index contributed by atoms with van der Waals surface area (Å²) in [4.78, 5) is 0. The summed E-state index contributed by atoms with van der Waals surface area (Å²) in [7, 11) is 1.69. The molecule has 0 unspecified atom stereocenters. The Labute approximate surface area is 123 Å². The van der Waals surface area contributed by atoms with Crippen LogP contribution in [0.5, 0.6) is 11.5 Å². The van der Waals surface area contributed by atoms with Gasteiger partial charge in [0.2, 0.25) is 0 Å². The molecule has 2 aromatic carbocycles. The van der Waals surface area contributed by atoms with Crippen molar-refractivity contribution in [2.75, 3.05) is 13.7 Å². The van der Waals surface area contributed by atoms with E-state index in [-0.39, 0.29) is 0 Å². The van der Waals surface area contributed by atoms with E-state index in [0.717, 1.165) is 24.7 Å². The first-order valence-electron chi connectivity index (χ1n) is 7.18. The highest BCUT2D eigenvalue weighted by Crippen LogP contribution is 2.39. The van der Waals surface area contributed by atoms with Crippen LogP contribution in [-0.4, -0.2) is 18.3 Å². The highest BCUT2D eigenvalue weighted by molar-refractivity contribution is 5.95. The van der Waals surface area contributed by atoms with E-state index >= 15 is 0 Å². The highest BCUT2D eigenvalue weighted by atomic mass is 16.5. The van der Waals surface area contributed by atoms with Crippen molar-refractivity contribution in [3.63, 3.8) is 0 Å². The minimum absolute atomic E-state index is 0.726. The van der Waals surface area contributed by atoms with Crippen LogP contribution < -0.4 is 9.47 Å². The minimum atomic E-state index is 0.726. The Hall–Kier alpha value is -2.42. The van der Waals surface area contributed by atoms with E-state index in [1.807, 2.05) is 12.1 Å². The predicted octanol–water partition coefficient (Wildman–Crippen LogP) is 4.02. The topological polar surface area (TPSA) is 23.4 Å². The first-order valence-corrected chi connectivity index (χ1v) is 7.18. The fourth-order valence-corrected chi connectivity index (χ4v) is 3.25. The van der Waals surface area contributed by atoms with Crippen LogP contribution in [-0.2, 0) is 6.54 Å². The van der Waals surface area contributed by atoms with E-state index in [0.29, 0.717) is 0 Å². The van der Waals surface area contributed by atoms with Gasteiger partial charge < -0.3 is 14.0 Å². The van der Waals surface area contributed by atoms with E-state index in [9.17, 15) is 0 Å². The molecule has 21 heavy (non-hydrogen) atoms. The van der Waals surface area contributed by atoms with Crippen LogP contribution >= 0.6 is 0 Å². The number of benzene rings is 2. The average Bonchev–Trinajstić information content (AvgIpc) is 2.83. The van der Waals surface area contributed by atoms with Crippen molar-refractivity contribution in [3.8, 4) is 22.8 Å². The van der Waals surface area contributed by atoms with Gasteiger partial charge in [0.1, 0.15) is 18.1 Å². The van der Waals surface area contributed by atoms with Crippen LogP contribution in [0.3, 0.4) is 0 Å². The third kappa shape index (κ3) is 1.74. The molecular formula is C18H17NO2. The normalized spacial score (nSPS) is 13.2. The second-order valence-corrected chi connectivity index (χ2v) is 5.35. The van der Waals surface area contributed by atoms with Gasteiger partial charge in [0.05, 0.1) is 24.9 Å². The second-order valence-electron chi connectivity index (χ2n) is 5.35. The fourth-order valence-electron chi connectivity index (χ4n) is 3.25. The Morgan fingerprint density at radius 2 is 1.90 bits per heavy atom. The average molecular weight is 279 g/mol. The van der Waals surface area contributed by atoms with E-state index < -0.39 is 0 Å². The molecule has 0 saturated heterocycles.